The molecule has 0 fully saturated rings. The molecule has 160 valence electrons. The number of anilines is 1. The van der Waals surface area contributed by atoms with Gasteiger partial charge in [-0.2, -0.15) is 0 Å². The highest BCUT2D eigenvalue weighted by Crippen LogP contribution is 2.43. The number of fused-ring (bicyclic) bond motifs is 2. The predicted molar refractivity (Wildman–Crippen MR) is 114 cm³/mol. The molecule has 6 nitrogen and oxygen atoms in total. The van der Waals surface area contributed by atoms with Gasteiger partial charge in [-0.1, -0.05) is 20.8 Å². The molecule has 2 aliphatic rings. The minimum atomic E-state index is -0.507. The normalized spacial score (nSPS) is 16.7. The molecule has 2 heterocycles. The molecule has 2 aliphatic heterocycles. The quantitative estimate of drug-likeness (QED) is 0.741. The van der Waals surface area contributed by atoms with E-state index in [0.717, 1.165) is 24.3 Å². The summed E-state index contributed by atoms with van der Waals surface area (Å²) in [7, 11) is 0. The van der Waals surface area contributed by atoms with Crippen molar-refractivity contribution in [3.05, 3.63) is 22.8 Å². The molecule has 0 radical (unpaired) electrons. The first-order valence-electron chi connectivity index (χ1n) is 10.7. The van der Waals surface area contributed by atoms with Crippen molar-refractivity contribution in [1.29, 1.82) is 0 Å². The molecular weight excluding hydrogens is 368 g/mol. The number of amides is 2. The highest BCUT2D eigenvalue weighted by Gasteiger charge is 2.32. The Morgan fingerprint density at radius 1 is 1.17 bits per heavy atom. The van der Waals surface area contributed by atoms with Gasteiger partial charge in [-0.05, 0) is 62.3 Å². The smallest absolute Gasteiger partial charge is 0.410 e. The summed E-state index contributed by atoms with van der Waals surface area (Å²) < 4.78 is 11.6. The fourth-order valence-corrected chi connectivity index (χ4v) is 4.21. The van der Waals surface area contributed by atoms with Gasteiger partial charge in [0.2, 0.25) is 5.91 Å². The summed E-state index contributed by atoms with van der Waals surface area (Å²) in [5.41, 5.74) is 4.08. The van der Waals surface area contributed by atoms with Crippen LogP contribution in [0.2, 0.25) is 0 Å². The lowest BCUT2D eigenvalue weighted by Crippen LogP contribution is -2.39. The zero-order valence-electron chi connectivity index (χ0n) is 18.6. The van der Waals surface area contributed by atoms with Crippen molar-refractivity contribution < 1.29 is 19.1 Å². The van der Waals surface area contributed by atoms with Crippen molar-refractivity contribution in [3.8, 4) is 5.75 Å². The van der Waals surface area contributed by atoms with Crippen molar-refractivity contribution in [2.75, 3.05) is 31.1 Å². The van der Waals surface area contributed by atoms with Gasteiger partial charge in [0.15, 0.2) is 0 Å². The van der Waals surface area contributed by atoms with Gasteiger partial charge >= 0.3 is 6.09 Å². The minimum Gasteiger partial charge on any atom is -0.490 e. The Morgan fingerprint density at radius 3 is 2.48 bits per heavy atom. The number of benzene rings is 1. The Hall–Kier alpha value is -2.24. The number of ether oxygens (including phenoxy) is 2. The molecule has 6 heteroatoms. The molecular formula is C23H34N2O4. The fourth-order valence-electron chi connectivity index (χ4n) is 4.21. The zero-order chi connectivity index (χ0) is 21.3. The molecule has 1 aromatic rings. The fraction of sp³-hybridized carbons (Fsp3) is 0.652. The number of nitrogens with zero attached hydrogens (tertiary/aromatic N) is 2. The molecule has 0 saturated heterocycles. The van der Waals surface area contributed by atoms with Crippen LogP contribution in [0, 0.1) is 0 Å². The van der Waals surface area contributed by atoms with Crippen LogP contribution in [0.4, 0.5) is 10.5 Å². The Balaban J connectivity index is 1.98. The average molecular weight is 403 g/mol. The molecule has 1 aromatic carbocycles. The van der Waals surface area contributed by atoms with Crippen LogP contribution < -0.4 is 9.64 Å². The van der Waals surface area contributed by atoms with Crippen molar-refractivity contribution in [1.82, 2.24) is 4.90 Å². The Kier molecular flexibility index (Phi) is 6.11. The maximum atomic E-state index is 12.6. The van der Waals surface area contributed by atoms with E-state index in [1.165, 1.54) is 16.7 Å². The van der Waals surface area contributed by atoms with Crippen LogP contribution in [-0.4, -0.2) is 48.7 Å². The van der Waals surface area contributed by atoms with Gasteiger partial charge < -0.3 is 19.3 Å². The number of carbonyl (C=O) groups excluding carboxylic acids is 2. The van der Waals surface area contributed by atoms with Crippen molar-refractivity contribution in [2.45, 2.75) is 72.3 Å². The van der Waals surface area contributed by atoms with E-state index in [2.05, 4.69) is 19.9 Å². The number of hydrogen-bond acceptors (Lipinski definition) is 4. The largest absolute Gasteiger partial charge is 0.490 e. The van der Waals surface area contributed by atoms with Gasteiger partial charge in [0, 0.05) is 19.5 Å². The van der Waals surface area contributed by atoms with Crippen LogP contribution in [0.1, 0.15) is 70.6 Å². The summed E-state index contributed by atoms with van der Waals surface area (Å²) in [5, 5.41) is 0. The molecule has 0 bridgehead atoms. The maximum Gasteiger partial charge on any atom is 0.410 e. The Bertz CT molecular complexity index is 795. The Labute approximate surface area is 174 Å². The first-order valence-corrected chi connectivity index (χ1v) is 10.7. The summed E-state index contributed by atoms with van der Waals surface area (Å²) in [4.78, 5) is 28.9. The zero-order valence-corrected chi connectivity index (χ0v) is 18.6. The van der Waals surface area contributed by atoms with Crippen molar-refractivity contribution in [2.24, 2.45) is 0 Å². The third kappa shape index (κ3) is 4.51. The average Bonchev–Trinajstić information content (AvgIpc) is 2.85. The second-order valence-electron chi connectivity index (χ2n) is 9.14. The van der Waals surface area contributed by atoms with Crippen LogP contribution in [0.25, 0.3) is 0 Å². The van der Waals surface area contributed by atoms with E-state index in [1.807, 2.05) is 32.6 Å². The van der Waals surface area contributed by atoms with Crippen LogP contribution in [-0.2, 0) is 22.4 Å². The van der Waals surface area contributed by atoms with Crippen LogP contribution >= 0.6 is 0 Å². The summed E-state index contributed by atoms with van der Waals surface area (Å²) in [6.07, 6.45) is 1.72. The second kappa shape index (κ2) is 8.25. The third-order valence-electron chi connectivity index (χ3n) is 5.46. The molecule has 0 aromatic heterocycles. The minimum absolute atomic E-state index is 0.125. The van der Waals surface area contributed by atoms with Crippen LogP contribution in [0.3, 0.4) is 0 Å². The number of hydrogen-bond donors (Lipinski definition) is 0. The van der Waals surface area contributed by atoms with Crippen molar-refractivity contribution >= 4 is 17.7 Å². The van der Waals surface area contributed by atoms with Crippen LogP contribution in [0.15, 0.2) is 6.07 Å². The molecule has 3 rings (SSSR count). The highest BCUT2D eigenvalue weighted by atomic mass is 16.6. The lowest BCUT2D eigenvalue weighted by Gasteiger charge is -2.34. The van der Waals surface area contributed by atoms with E-state index in [1.54, 1.807) is 4.90 Å². The molecule has 0 spiro atoms. The second-order valence-corrected chi connectivity index (χ2v) is 9.14. The van der Waals surface area contributed by atoms with E-state index in [0.29, 0.717) is 32.7 Å². The van der Waals surface area contributed by atoms with Crippen molar-refractivity contribution in [3.63, 3.8) is 0 Å². The molecule has 2 amide bonds. The molecule has 29 heavy (non-hydrogen) atoms. The lowest BCUT2D eigenvalue weighted by molar-refractivity contribution is -0.118. The SMILES string of the molecule is CCC(=O)N1CCOc2cc3c(c(C(C)C)c21)CCN(C(=O)OC(C)(C)C)CC3. The summed E-state index contributed by atoms with van der Waals surface area (Å²) in [6.45, 7) is 14.2. The molecule has 0 atom stereocenters. The molecule has 0 N–H and O–H groups in total. The van der Waals surface area contributed by atoms with E-state index < -0.39 is 5.60 Å². The van der Waals surface area contributed by atoms with E-state index in [9.17, 15) is 9.59 Å². The van der Waals surface area contributed by atoms with Gasteiger partial charge in [0.25, 0.3) is 0 Å². The van der Waals surface area contributed by atoms with Gasteiger partial charge in [-0.25, -0.2) is 4.79 Å². The third-order valence-corrected chi connectivity index (χ3v) is 5.46. The topological polar surface area (TPSA) is 59.1 Å². The summed E-state index contributed by atoms with van der Waals surface area (Å²) in [5.74, 6) is 1.17. The van der Waals surface area contributed by atoms with Gasteiger partial charge in [0.05, 0.1) is 12.2 Å². The van der Waals surface area contributed by atoms with Crippen LogP contribution in [0.5, 0.6) is 5.75 Å². The Morgan fingerprint density at radius 2 is 1.86 bits per heavy atom. The highest BCUT2D eigenvalue weighted by molar-refractivity contribution is 5.96. The van der Waals surface area contributed by atoms with Gasteiger partial charge in [0.1, 0.15) is 18.0 Å². The molecule has 0 saturated carbocycles. The molecule has 0 unspecified atom stereocenters. The summed E-state index contributed by atoms with van der Waals surface area (Å²) >= 11 is 0. The predicted octanol–water partition coefficient (Wildman–Crippen LogP) is 4.28. The van der Waals surface area contributed by atoms with E-state index in [4.69, 9.17) is 9.47 Å². The first kappa shape index (κ1) is 21.5. The standard InChI is InChI=1S/C23H34N2O4/c1-7-19(26)25-12-13-28-18-14-16-8-10-24(22(27)29-23(4,5)6)11-9-17(16)20(15(2)3)21(18)25/h14-15H,7-13H2,1-6H3. The van der Waals surface area contributed by atoms with Gasteiger partial charge in [-0.15, -0.1) is 0 Å². The molecule has 0 aliphatic carbocycles. The van der Waals surface area contributed by atoms with Gasteiger partial charge in [-0.3, -0.25) is 4.79 Å². The number of carbonyl (C=O) groups is 2. The first-order chi connectivity index (χ1) is 13.6. The monoisotopic (exact) mass is 402 g/mol. The van der Waals surface area contributed by atoms with E-state index >= 15 is 0 Å². The number of rotatable bonds is 2. The van der Waals surface area contributed by atoms with E-state index in [-0.39, 0.29) is 17.9 Å². The lowest BCUT2D eigenvalue weighted by atomic mass is 9.87. The maximum absolute atomic E-state index is 12.6. The summed E-state index contributed by atoms with van der Waals surface area (Å²) in [6, 6.07) is 2.09.